The second kappa shape index (κ2) is 8.20. The van der Waals surface area contributed by atoms with Crippen molar-refractivity contribution >= 4 is 40.2 Å². The Labute approximate surface area is 164 Å². The van der Waals surface area contributed by atoms with Gasteiger partial charge in [0.2, 0.25) is 0 Å². The van der Waals surface area contributed by atoms with Crippen LogP contribution in [-0.2, 0) is 6.61 Å². The minimum absolute atomic E-state index is 0.145. The van der Waals surface area contributed by atoms with Gasteiger partial charge in [0.05, 0.1) is 20.5 Å². The standard InChI is InChI=1S/C19H15ClN2O4S/c1-12-3-2-4-15(7-12)26-10-13-8-18(27-11-13)19(23)21-17-9-14(22(24)25)5-6-16(17)20/h2-9,11H,10H2,1H3,(H,21,23). The quantitative estimate of drug-likeness (QED) is 0.439. The van der Waals surface area contributed by atoms with Crippen LogP contribution in [0.3, 0.4) is 0 Å². The zero-order chi connectivity index (χ0) is 19.4. The number of nitrogens with one attached hydrogen (secondary N) is 1. The SMILES string of the molecule is Cc1cccc(OCc2csc(C(=O)Nc3cc([N+](=O)[O-])ccc3Cl)c2)c1. The average molecular weight is 403 g/mol. The first kappa shape index (κ1) is 18.9. The zero-order valence-electron chi connectivity index (χ0n) is 14.3. The number of amides is 1. The molecule has 138 valence electrons. The largest absolute Gasteiger partial charge is 0.489 e. The molecule has 0 aliphatic rings. The molecule has 0 radical (unpaired) electrons. The number of non-ortho nitro benzene ring substituents is 1. The van der Waals surface area contributed by atoms with Gasteiger partial charge in [-0.1, -0.05) is 23.7 Å². The maximum atomic E-state index is 12.4. The van der Waals surface area contributed by atoms with Crippen molar-refractivity contribution in [2.75, 3.05) is 5.32 Å². The first-order valence-corrected chi connectivity index (χ1v) is 9.20. The van der Waals surface area contributed by atoms with Gasteiger partial charge in [-0.15, -0.1) is 11.3 Å². The molecule has 27 heavy (non-hydrogen) atoms. The summed E-state index contributed by atoms with van der Waals surface area (Å²) in [5.74, 6) is 0.375. The molecule has 0 saturated carbocycles. The monoisotopic (exact) mass is 402 g/mol. The molecular formula is C19H15ClN2O4S. The van der Waals surface area contributed by atoms with Gasteiger partial charge in [0.15, 0.2) is 0 Å². The number of anilines is 1. The van der Waals surface area contributed by atoms with E-state index in [0.29, 0.717) is 11.5 Å². The highest BCUT2D eigenvalue weighted by Gasteiger charge is 2.15. The molecule has 0 spiro atoms. The smallest absolute Gasteiger partial charge is 0.271 e. The summed E-state index contributed by atoms with van der Waals surface area (Å²) >= 11 is 7.28. The molecule has 3 rings (SSSR count). The van der Waals surface area contributed by atoms with E-state index in [1.807, 2.05) is 36.6 Å². The highest BCUT2D eigenvalue weighted by Crippen LogP contribution is 2.28. The second-order valence-electron chi connectivity index (χ2n) is 5.80. The molecule has 8 heteroatoms. The van der Waals surface area contributed by atoms with E-state index in [2.05, 4.69) is 5.32 Å². The number of carbonyl (C=O) groups excluding carboxylic acids is 1. The summed E-state index contributed by atoms with van der Waals surface area (Å²) in [5, 5.41) is 15.5. The van der Waals surface area contributed by atoms with Crippen LogP contribution in [0.2, 0.25) is 5.02 Å². The third kappa shape index (κ3) is 4.84. The molecule has 1 amide bonds. The predicted molar refractivity (Wildman–Crippen MR) is 106 cm³/mol. The Bertz CT molecular complexity index is 1000. The molecule has 0 fully saturated rings. The number of hydrogen-bond donors (Lipinski definition) is 1. The third-order valence-electron chi connectivity index (χ3n) is 3.68. The van der Waals surface area contributed by atoms with E-state index in [0.717, 1.165) is 16.9 Å². The number of nitrogens with zero attached hydrogens (tertiary/aromatic N) is 1. The van der Waals surface area contributed by atoms with Crippen molar-refractivity contribution in [1.82, 2.24) is 0 Å². The number of hydrogen-bond acceptors (Lipinski definition) is 5. The van der Waals surface area contributed by atoms with Gasteiger partial charge < -0.3 is 10.1 Å². The molecule has 3 aromatic rings. The van der Waals surface area contributed by atoms with E-state index in [1.165, 1.54) is 29.5 Å². The van der Waals surface area contributed by atoms with Crippen LogP contribution in [0.5, 0.6) is 5.75 Å². The number of ether oxygens (including phenoxy) is 1. The first-order chi connectivity index (χ1) is 12.9. The molecule has 0 bridgehead atoms. The van der Waals surface area contributed by atoms with Gasteiger partial charge in [0, 0.05) is 17.7 Å². The van der Waals surface area contributed by atoms with Crippen molar-refractivity contribution in [3.63, 3.8) is 0 Å². The lowest BCUT2D eigenvalue weighted by Crippen LogP contribution is -2.10. The molecule has 2 aromatic carbocycles. The van der Waals surface area contributed by atoms with Gasteiger partial charge in [0.1, 0.15) is 12.4 Å². The molecule has 0 aliphatic heterocycles. The summed E-state index contributed by atoms with van der Waals surface area (Å²) in [5.41, 5.74) is 2.01. The maximum Gasteiger partial charge on any atom is 0.271 e. The van der Waals surface area contributed by atoms with Crippen LogP contribution in [0.15, 0.2) is 53.9 Å². The van der Waals surface area contributed by atoms with Crippen molar-refractivity contribution < 1.29 is 14.5 Å². The molecular weight excluding hydrogens is 388 g/mol. The van der Waals surface area contributed by atoms with Gasteiger partial charge in [-0.05, 0) is 42.1 Å². The summed E-state index contributed by atoms with van der Waals surface area (Å²) in [4.78, 5) is 23.2. The average Bonchev–Trinajstić information content (AvgIpc) is 3.11. The lowest BCUT2D eigenvalue weighted by molar-refractivity contribution is -0.384. The van der Waals surface area contributed by atoms with E-state index in [4.69, 9.17) is 16.3 Å². The van der Waals surface area contributed by atoms with E-state index >= 15 is 0 Å². The third-order valence-corrected chi connectivity index (χ3v) is 4.99. The molecule has 0 saturated heterocycles. The van der Waals surface area contributed by atoms with Crippen LogP contribution in [0.1, 0.15) is 20.8 Å². The van der Waals surface area contributed by atoms with E-state index in [1.54, 1.807) is 6.07 Å². The summed E-state index contributed by atoms with van der Waals surface area (Å²) in [6, 6.07) is 13.3. The van der Waals surface area contributed by atoms with Crippen LogP contribution in [-0.4, -0.2) is 10.8 Å². The van der Waals surface area contributed by atoms with Crippen LogP contribution < -0.4 is 10.1 Å². The van der Waals surface area contributed by atoms with Crippen LogP contribution in [0.4, 0.5) is 11.4 Å². The fraction of sp³-hybridized carbons (Fsp3) is 0.105. The first-order valence-electron chi connectivity index (χ1n) is 7.94. The Hall–Kier alpha value is -2.90. The molecule has 6 nitrogen and oxygen atoms in total. The maximum absolute atomic E-state index is 12.4. The Balaban J connectivity index is 1.66. The van der Waals surface area contributed by atoms with Gasteiger partial charge >= 0.3 is 0 Å². The summed E-state index contributed by atoms with van der Waals surface area (Å²) in [6.45, 7) is 2.32. The molecule has 0 unspecified atom stereocenters. The van der Waals surface area contributed by atoms with Crippen LogP contribution >= 0.6 is 22.9 Å². The highest BCUT2D eigenvalue weighted by atomic mass is 35.5. The van der Waals surface area contributed by atoms with Crippen molar-refractivity contribution in [2.24, 2.45) is 0 Å². The Morgan fingerprint density at radius 3 is 2.81 bits per heavy atom. The number of thiophene rings is 1. The van der Waals surface area contributed by atoms with Gasteiger partial charge in [-0.2, -0.15) is 0 Å². The van der Waals surface area contributed by atoms with Gasteiger partial charge in [0.25, 0.3) is 11.6 Å². The van der Waals surface area contributed by atoms with Gasteiger partial charge in [-0.3, -0.25) is 14.9 Å². The summed E-state index contributed by atoms with van der Waals surface area (Å²) in [6.07, 6.45) is 0. The number of nitro benzene ring substituents is 1. The molecule has 0 aliphatic carbocycles. The van der Waals surface area contributed by atoms with Crippen LogP contribution in [0, 0.1) is 17.0 Å². The topological polar surface area (TPSA) is 81.5 Å². The van der Waals surface area contributed by atoms with Gasteiger partial charge in [-0.25, -0.2) is 0 Å². The Morgan fingerprint density at radius 2 is 2.07 bits per heavy atom. The van der Waals surface area contributed by atoms with Crippen molar-refractivity contribution in [1.29, 1.82) is 0 Å². The summed E-state index contributed by atoms with van der Waals surface area (Å²) < 4.78 is 5.72. The van der Waals surface area contributed by atoms with E-state index in [9.17, 15) is 14.9 Å². The number of rotatable bonds is 6. The lowest BCUT2D eigenvalue weighted by Gasteiger charge is -2.06. The van der Waals surface area contributed by atoms with Crippen LogP contribution in [0.25, 0.3) is 0 Å². The highest BCUT2D eigenvalue weighted by molar-refractivity contribution is 7.12. The number of carbonyl (C=O) groups is 1. The van der Waals surface area contributed by atoms with Crippen molar-refractivity contribution in [2.45, 2.75) is 13.5 Å². The second-order valence-corrected chi connectivity index (χ2v) is 7.12. The van der Waals surface area contributed by atoms with E-state index < -0.39 is 4.92 Å². The number of benzene rings is 2. The minimum Gasteiger partial charge on any atom is -0.489 e. The fourth-order valence-electron chi connectivity index (χ4n) is 2.35. The van der Waals surface area contributed by atoms with E-state index in [-0.39, 0.29) is 22.3 Å². The lowest BCUT2D eigenvalue weighted by atomic mass is 10.2. The molecule has 0 atom stereocenters. The van der Waals surface area contributed by atoms with Crippen molar-refractivity contribution in [3.05, 3.63) is 85.1 Å². The number of aryl methyl sites for hydroxylation is 1. The number of halogens is 1. The zero-order valence-corrected chi connectivity index (χ0v) is 15.8. The minimum atomic E-state index is -0.544. The fourth-order valence-corrected chi connectivity index (χ4v) is 3.31. The Morgan fingerprint density at radius 1 is 1.26 bits per heavy atom. The molecule has 1 heterocycles. The normalized spacial score (nSPS) is 10.4. The van der Waals surface area contributed by atoms with Crippen molar-refractivity contribution in [3.8, 4) is 5.75 Å². The summed E-state index contributed by atoms with van der Waals surface area (Å²) in [7, 11) is 0. The predicted octanol–water partition coefficient (Wildman–Crippen LogP) is 5.45. The number of nitro groups is 1. The Kier molecular flexibility index (Phi) is 5.73. The molecule has 1 N–H and O–H groups in total. The molecule has 1 aromatic heterocycles.